The Balaban J connectivity index is 1.67. The highest BCUT2D eigenvalue weighted by Gasteiger charge is 2.29. The van der Waals surface area contributed by atoms with Gasteiger partial charge in [-0.1, -0.05) is 35.9 Å². The predicted molar refractivity (Wildman–Crippen MR) is 113 cm³/mol. The number of likely N-dealkylation sites (tertiary alicyclic amines) is 1. The number of fused-ring (bicyclic) bond motifs is 1. The monoisotopic (exact) mass is 396 g/mol. The van der Waals surface area contributed by atoms with Crippen molar-refractivity contribution in [1.82, 2.24) is 9.88 Å². The van der Waals surface area contributed by atoms with Crippen LogP contribution in [0.25, 0.3) is 10.9 Å². The summed E-state index contributed by atoms with van der Waals surface area (Å²) >= 11 is 6.71. The molecule has 1 unspecified atom stereocenters. The van der Waals surface area contributed by atoms with Gasteiger partial charge in [0, 0.05) is 29.6 Å². The van der Waals surface area contributed by atoms with Gasteiger partial charge in [-0.15, -0.1) is 0 Å². The normalized spacial score (nSPS) is 17.2. The third-order valence-corrected chi connectivity index (χ3v) is 6.16. The number of para-hydroxylation sites is 1. The maximum atomic E-state index is 6.71. The Morgan fingerprint density at radius 2 is 1.96 bits per heavy atom. The third kappa shape index (κ3) is 3.43. The quantitative estimate of drug-likeness (QED) is 0.566. The molecule has 1 aromatic heterocycles. The van der Waals surface area contributed by atoms with E-state index in [1.54, 1.807) is 14.2 Å². The van der Waals surface area contributed by atoms with E-state index in [9.17, 15) is 0 Å². The summed E-state index contributed by atoms with van der Waals surface area (Å²) in [4.78, 5) is 7.32. The minimum absolute atomic E-state index is 0.283. The fraction of sp³-hybridized carbons (Fsp3) is 0.348. The van der Waals surface area contributed by atoms with E-state index >= 15 is 0 Å². The van der Waals surface area contributed by atoms with Crippen LogP contribution in [0.15, 0.2) is 42.5 Å². The van der Waals surface area contributed by atoms with E-state index in [1.165, 1.54) is 5.56 Å². The minimum Gasteiger partial charge on any atom is -0.497 e. The molecule has 1 fully saturated rings. The van der Waals surface area contributed by atoms with Crippen LogP contribution in [-0.2, 0) is 6.54 Å². The first-order valence-corrected chi connectivity index (χ1v) is 10.00. The maximum absolute atomic E-state index is 6.71. The maximum Gasteiger partial charge on any atom is 0.127 e. The summed E-state index contributed by atoms with van der Waals surface area (Å²) in [6.07, 6.45) is 2.23. The van der Waals surface area contributed by atoms with E-state index in [2.05, 4.69) is 30.0 Å². The van der Waals surface area contributed by atoms with Crippen LogP contribution in [0.4, 0.5) is 0 Å². The van der Waals surface area contributed by atoms with E-state index < -0.39 is 0 Å². The molecule has 4 nitrogen and oxygen atoms in total. The van der Waals surface area contributed by atoms with Crippen molar-refractivity contribution >= 4 is 22.5 Å². The molecule has 28 heavy (non-hydrogen) atoms. The van der Waals surface area contributed by atoms with Crippen LogP contribution in [0.2, 0.25) is 5.02 Å². The van der Waals surface area contributed by atoms with E-state index in [1.807, 2.05) is 24.3 Å². The summed E-state index contributed by atoms with van der Waals surface area (Å²) in [5.74, 6) is 1.67. The van der Waals surface area contributed by atoms with Crippen molar-refractivity contribution in [2.75, 3.05) is 20.8 Å². The number of hydrogen-bond donors (Lipinski definition) is 0. The molecule has 1 atom stereocenters. The molecule has 0 N–H and O–H groups in total. The van der Waals surface area contributed by atoms with Gasteiger partial charge in [0.05, 0.1) is 30.5 Å². The van der Waals surface area contributed by atoms with Crippen molar-refractivity contribution in [3.63, 3.8) is 0 Å². The molecule has 3 aromatic rings. The van der Waals surface area contributed by atoms with Crippen LogP contribution < -0.4 is 9.47 Å². The van der Waals surface area contributed by atoms with Gasteiger partial charge in [-0.05, 0) is 44.0 Å². The standard InChI is InChI=1S/C23H25ClN2O2/c1-15-17-7-4-5-8-19(17)25-20(23(15)24)14-26-12-6-9-21(26)18-11-10-16(27-2)13-22(18)28-3/h4-5,7-8,10-11,13,21H,6,9,12,14H2,1-3H3. The zero-order chi connectivity index (χ0) is 19.7. The van der Waals surface area contributed by atoms with E-state index in [-0.39, 0.29) is 6.04 Å². The molecule has 0 radical (unpaired) electrons. The number of ether oxygens (including phenoxy) is 2. The molecule has 1 aliphatic heterocycles. The van der Waals surface area contributed by atoms with E-state index in [0.717, 1.165) is 64.6 Å². The number of methoxy groups -OCH3 is 2. The molecule has 146 valence electrons. The first kappa shape index (κ1) is 19.0. The van der Waals surface area contributed by atoms with Crippen LogP contribution in [0.5, 0.6) is 11.5 Å². The average molecular weight is 397 g/mol. The number of hydrogen-bond acceptors (Lipinski definition) is 4. The summed E-state index contributed by atoms with van der Waals surface area (Å²) in [5.41, 5.74) is 4.23. The van der Waals surface area contributed by atoms with Gasteiger partial charge in [0.2, 0.25) is 0 Å². The molecule has 1 aliphatic rings. The summed E-state index contributed by atoms with van der Waals surface area (Å²) in [5, 5.41) is 1.89. The molecule has 0 aliphatic carbocycles. The van der Waals surface area contributed by atoms with Crippen LogP contribution in [-0.4, -0.2) is 30.6 Å². The van der Waals surface area contributed by atoms with Crippen LogP contribution >= 0.6 is 11.6 Å². The average Bonchev–Trinajstić information content (AvgIpc) is 3.19. The van der Waals surface area contributed by atoms with Gasteiger partial charge in [0.15, 0.2) is 0 Å². The van der Waals surface area contributed by atoms with Crippen molar-refractivity contribution in [1.29, 1.82) is 0 Å². The number of halogens is 1. The lowest BCUT2D eigenvalue weighted by molar-refractivity contribution is 0.240. The second kappa shape index (κ2) is 7.98. The molecular weight excluding hydrogens is 372 g/mol. The highest BCUT2D eigenvalue weighted by Crippen LogP contribution is 2.40. The molecule has 2 heterocycles. The summed E-state index contributed by atoms with van der Waals surface area (Å²) in [6, 6.07) is 14.5. The lowest BCUT2D eigenvalue weighted by atomic mass is 10.0. The zero-order valence-electron chi connectivity index (χ0n) is 16.5. The second-order valence-corrected chi connectivity index (χ2v) is 7.63. The van der Waals surface area contributed by atoms with Crippen molar-refractivity contribution in [2.24, 2.45) is 0 Å². The molecule has 0 spiro atoms. The topological polar surface area (TPSA) is 34.6 Å². The zero-order valence-corrected chi connectivity index (χ0v) is 17.3. The molecule has 1 saturated heterocycles. The Labute approximate surface area is 171 Å². The number of aromatic nitrogens is 1. The van der Waals surface area contributed by atoms with Gasteiger partial charge in [-0.25, -0.2) is 4.98 Å². The number of benzene rings is 2. The Kier molecular flexibility index (Phi) is 5.42. The van der Waals surface area contributed by atoms with Gasteiger partial charge in [0.25, 0.3) is 0 Å². The van der Waals surface area contributed by atoms with Crippen molar-refractivity contribution in [3.8, 4) is 11.5 Å². The van der Waals surface area contributed by atoms with Gasteiger partial charge in [-0.3, -0.25) is 4.90 Å². The summed E-state index contributed by atoms with van der Waals surface area (Å²) in [6.45, 7) is 3.82. The lowest BCUT2D eigenvalue weighted by Gasteiger charge is -2.26. The SMILES string of the molecule is COc1ccc(C2CCCN2Cc2nc3ccccc3c(C)c2Cl)c(OC)c1. The second-order valence-electron chi connectivity index (χ2n) is 7.25. The molecule has 0 bridgehead atoms. The molecule has 2 aromatic carbocycles. The molecular formula is C23H25ClN2O2. The first-order chi connectivity index (χ1) is 13.6. The van der Waals surface area contributed by atoms with Crippen LogP contribution in [0.1, 0.15) is 35.7 Å². The summed E-state index contributed by atoms with van der Waals surface area (Å²) < 4.78 is 11.0. The smallest absolute Gasteiger partial charge is 0.127 e. The van der Waals surface area contributed by atoms with E-state index in [0.29, 0.717) is 0 Å². The largest absolute Gasteiger partial charge is 0.497 e. The number of nitrogens with zero attached hydrogens (tertiary/aromatic N) is 2. The predicted octanol–water partition coefficient (Wildman–Crippen LogP) is 5.55. The third-order valence-electron chi connectivity index (χ3n) is 5.66. The van der Waals surface area contributed by atoms with E-state index in [4.69, 9.17) is 26.1 Å². The molecule has 4 rings (SSSR count). The highest BCUT2D eigenvalue weighted by molar-refractivity contribution is 6.32. The molecule has 0 saturated carbocycles. The number of aryl methyl sites for hydroxylation is 1. The Hall–Kier alpha value is -2.30. The van der Waals surface area contributed by atoms with Crippen molar-refractivity contribution in [3.05, 3.63) is 64.3 Å². The van der Waals surface area contributed by atoms with Gasteiger partial charge in [-0.2, -0.15) is 0 Å². The van der Waals surface area contributed by atoms with Crippen molar-refractivity contribution in [2.45, 2.75) is 32.4 Å². The van der Waals surface area contributed by atoms with Crippen LogP contribution in [0, 0.1) is 6.92 Å². The van der Waals surface area contributed by atoms with Gasteiger partial charge >= 0.3 is 0 Å². The van der Waals surface area contributed by atoms with Crippen LogP contribution in [0.3, 0.4) is 0 Å². The first-order valence-electron chi connectivity index (χ1n) is 9.62. The molecule has 0 amide bonds. The molecule has 5 heteroatoms. The lowest BCUT2D eigenvalue weighted by Crippen LogP contribution is -2.24. The van der Waals surface area contributed by atoms with Gasteiger partial charge < -0.3 is 9.47 Å². The Bertz CT molecular complexity index is 1010. The minimum atomic E-state index is 0.283. The number of pyridine rings is 1. The summed E-state index contributed by atoms with van der Waals surface area (Å²) in [7, 11) is 3.38. The van der Waals surface area contributed by atoms with Crippen molar-refractivity contribution < 1.29 is 9.47 Å². The number of rotatable bonds is 5. The fourth-order valence-electron chi connectivity index (χ4n) is 4.18. The Morgan fingerprint density at radius 1 is 1.14 bits per heavy atom. The van der Waals surface area contributed by atoms with Gasteiger partial charge in [0.1, 0.15) is 11.5 Å². The fourth-order valence-corrected chi connectivity index (χ4v) is 4.38. The highest BCUT2D eigenvalue weighted by atomic mass is 35.5. The Morgan fingerprint density at radius 3 is 2.75 bits per heavy atom.